The predicted octanol–water partition coefficient (Wildman–Crippen LogP) is 5.19. The fourth-order valence-electron chi connectivity index (χ4n) is 5.93. The molecule has 15 heteroatoms. The molecule has 4 aromatic rings. The zero-order chi connectivity index (χ0) is 31.3. The fraction of sp³-hybridized carbons (Fsp3) is 0.345. The van der Waals surface area contributed by atoms with E-state index < -0.39 is 35.2 Å². The third kappa shape index (κ3) is 5.15. The van der Waals surface area contributed by atoms with Crippen LogP contribution in [0.25, 0.3) is 16.8 Å². The molecule has 10 nitrogen and oxygen atoms in total. The second kappa shape index (κ2) is 11.0. The maximum Gasteiger partial charge on any atom is 0.416 e. The first kappa shape index (κ1) is 29.3. The first-order chi connectivity index (χ1) is 21.0. The van der Waals surface area contributed by atoms with Gasteiger partial charge in [0.1, 0.15) is 40.2 Å². The minimum absolute atomic E-state index is 0.0138. The van der Waals surface area contributed by atoms with Crippen LogP contribution >= 0.6 is 0 Å². The summed E-state index contributed by atoms with van der Waals surface area (Å²) in [4.78, 5) is 39.5. The van der Waals surface area contributed by atoms with E-state index in [1.165, 1.54) is 6.07 Å². The molecular weight excluding hydrogens is 589 g/mol. The number of imidazole rings is 1. The number of anilines is 2. The van der Waals surface area contributed by atoms with Gasteiger partial charge in [-0.25, -0.2) is 19.3 Å². The van der Waals surface area contributed by atoms with E-state index in [1.807, 2.05) is 0 Å². The van der Waals surface area contributed by atoms with Crippen molar-refractivity contribution in [2.45, 2.75) is 50.7 Å². The van der Waals surface area contributed by atoms with Crippen molar-refractivity contribution in [1.82, 2.24) is 24.3 Å². The number of carbonyl (C=O) groups is 2. The number of pyridine rings is 1. The number of rotatable bonds is 6. The second-order valence-corrected chi connectivity index (χ2v) is 10.6. The number of benzene rings is 1. The van der Waals surface area contributed by atoms with Crippen LogP contribution in [-0.2, 0) is 11.0 Å². The Labute approximate surface area is 247 Å². The van der Waals surface area contributed by atoms with E-state index in [-0.39, 0.29) is 64.2 Å². The fourth-order valence-corrected chi connectivity index (χ4v) is 5.93. The summed E-state index contributed by atoms with van der Waals surface area (Å²) in [6, 6.07) is 3.58. The third-order valence-corrected chi connectivity index (χ3v) is 7.93. The van der Waals surface area contributed by atoms with E-state index in [1.54, 1.807) is 11.8 Å². The van der Waals surface area contributed by atoms with Crippen molar-refractivity contribution < 1.29 is 36.3 Å². The molecule has 2 atom stereocenters. The van der Waals surface area contributed by atoms with Crippen molar-refractivity contribution in [2.75, 3.05) is 24.2 Å². The number of nitrogens with one attached hydrogen (secondary N) is 1. The summed E-state index contributed by atoms with van der Waals surface area (Å²) in [7, 11) is 0. The number of carbonyl (C=O) groups excluding carboxylic acids is 2. The molecule has 2 amide bonds. The van der Waals surface area contributed by atoms with Gasteiger partial charge in [0.15, 0.2) is 0 Å². The molecule has 3 aromatic heterocycles. The number of hydrogen-bond acceptors (Lipinski definition) is 7. The molecular formula is C29H26F5N7O3. The largest absolute Gasteiger partial charge is 0.493 e. The molecule has 0 saturated carbocycles. The molecule has 3 N–H and O–H groups in total. The Balaban J connectivity index is 1.42. The minimum atomic E-state index is -4.66. The molecule has 5 heterocycles. The monoisotopic (exact) mass is 615 g/mol. The van der Waals surface area contributed by atoms with E-state index in [9.17, 15) is 22.8 Å². The van der Waals surface area contributed by atoms with Gasteiger partial charge in [0.25, 0.3) is 5.91 Å². The maximum absolute atomic E-state index is 16.0. The van der Waals surface area contributed by atoms with Gasteiger partial charge >= 0.3 is 6.18 Å². The number of halogens is 5. The van der Waals surface area contributed by atoms with Crippen LogP contribution in [0.1, 0.15) is 60.3 Å². The highest BCUT2D eigenvalue weighted by molar-refractivity contribution is 6.05. The highest BCUT2D eigenvalue weighted by atomic mass is 19.4. The molecule has 1 aromatic carbocycles. The van der Waals surface area contributed by atoms with Gasteiger partial charge < -0.3 is 20.7 Å². The summed E-state index contributed by atoms with van der Waals surface area (Å²) in [5.41, 5.74) is 4.57. The number of aromatic nitrogens is 4. The van der Waals surface area contributed by atoms with Crippen molar-refractivity contribution in [3.05, 3.63) is 65.4 Å². The van der Waals surface area contributed by atoms with Crippen LogP contribution < -0.4 is 15.8 Å². The molecule has 0 bridgehead atoms. The molecule has 0 spiro atoms. The molecule has 2 aliphatic heterocycles. The van der Waals surface area contributed by atoms with Crippen molar-refractivity contribution in [3.63, 3.8) is 0 Å². The number of amides is 2. The summed E-state index contributed by atoms with van der Waals surface area (Å²) < 4.78 is 77.5. The normalized spacial score (nSPS) is 18.5. The Morgan fingerprint density at radius 2 is 1.95 bits per heavy atom. The van der Waals surface area contributed by atoms with E-state index in [4.69, 9.17) is 10.5 Å². The van der Waals surface area contributed by atoms with Crippen LogP contribution in [0.2, 0.25) is 0 Å². The van der Waals surface area contributed by atoms with Crippen LogP contribution in [-0.4, -0.2) is 55.3 Å². The number of piperidine rings is 1. The number of fused-ring (bicyclic) bond motifs is 2. The van der Waals surface area contributed by atoms with Crippen molar-refractivity contribution in [2.24, 2.45) is 0 Å². The number of nitrogen functional groups attached to an aromatic ring is 1. The summed E-state index contributed by atoms with van der Waals surface area (Å²) in [5, 5.41) is 2.24. The zero-order valence-electron chi connectivity index (χ0n) is 23.3. The van der Waals surface area contributed by atoms with Crippen LogP contribution in [0.3, 0.4) is 0 Å². The zero-order valence-corrected chi connectivity index (χ0v) is 23.3. The summed E-state index contributed by atoms with van der Waals surface area (Å²) in [6.45, 7) is 1.97. The minimum Gasteiger partial charge on any atom is -0.493 e. The summed E-state index contributed by atoms with van der Waals surface area (Å²) in [5.74, 6) is -3.51. The van der Waals surface area contributed by atoms with E-state index >= 15 is 8.78 Å². The van der Waals surface area contributed by atoms with Crippen molar-refractivity contribution >= 4 is 29.0 Å². The van der Waals surface area contributed by atoms with Crippen molar-refractivity contribution in [3.8, 4) is 17.0 Å². The van der Waals surface area contributed by atoms with E-state index in [2.05, 4.69) is 20.3 Å². The van der Waals surface area contributed by atoms with Gasteiger partial charge in [-0.05, 0) is 50.5 Å². The number of ether oxygens (including phenoxy) is 1. The van der Waals surface area contributed by atoms with Gasteiger partial charge in [-0.3, -0.25) is 14.0 Å². The lowest BCUT2D eigenvalue weighted by atomic mass is 9.92. The number of hydrogen-bond donors (Lipinski definition) is 2. The predicted molar refractivity (Wildman–Crippen MR) is 148 cm³/mol. The average molecular weight is 616 g/mol. The average Bonchev–Trinajstić information content (AvgIpc) is 3.56. The molecule has 0 aliphatic carbocycles. The van der Waals surface area contributed by atoms with E-state index in [0.717, 1.165) is 35.3 Å². The van der Waals surface area contributed by atoms with E-state index in [0.29, 0.717) is 31.9 Å². The smallest absolute Gasteiger partial charge is 0.416 e. The Morgan fingerprint density at radius 1 is 1.16 bits per heavy atom. The van der Waals surface area contributed by atoms with Gasteiger partial charge in [-0.2, -0.15) is 17.6 Å². The quantitative estimate of drug-likeness (QED) is 0.286. The Bertz CT molecular complexity index is 1790. The van der Waals surface area contributed by atoms with Crippen LogP contribution in [0.4, 0.5) is 33.6 Å². The van der Waals surface area contributed by atoms with Crippen LogP contribution in [0, 0.1) is 11.8 Å². The lowest BCUT2D eigenvalue weighted by Crippen LogP contribution is -2.41. The standard InChI is InChI=1S/C29H26F5N7O3/c1-2-44-19-10-15(28(43)38-21-11-16(7-8-36-21)29(32,33)34)9-18(30)23(19)24-25-26(35)37-12-20(31)41(25)27(39-24)14-3-4-17-5-6-22(42)40(17)13-14/h7-12,14,17H,2-6,13H2,1H3,(H2,35,37)(H,36,38,43). The summed E-state index contributed by atoms with van der Waals surface area (Å²) in [6.07, 6.45) is -0.328. The topological polar surface area (TPSA) is 128 Å². The highest BCUT2D eigenvalue weighted by Crippen LogP contribution is 2.42. The van der Waals surface area contributed by atoms with Crippen LogP contribution in [0.5, 0.6) is 5.75 Å². The number of nitrogens with two attached hydrogens (primary N) is 1. The molecule has 2 saturated heterocycles. The number of alkyl halides is 3. The molecule has 2 unspecified atom stereocenters. The highest BCUT2D eigenvalue weighted by Gasteiger charge is 2.39. The lowest BCUT2D eigenvalue weighted by molar-refractivity contribution is -0.137. The molecule has 44 heavy (non-hydrogen) atoms. The number of nitrogens with zero attached hydrogens (tertiary/aromatic N) is 5. The molecule has 2 fully saturated rings. The Hall–Kier alpha value is -4.82. The second-order valence-electron chi connectivity index (χ2n) is 10.6. The Morgan fingerprint density at radius 3 is 2.70 bits per heavy atom. The maximum atomic E-state index is 16.0. The van der Waals surface area contributed by atoms with Gasteiger partial charge in [0.2, 0.25) is 11.9 Å². The Kier molecular flexibility index (Phi) is 7.33. The molecule has 0 radical (unpaired) electrons. The molecule has 6 rings (SSSR count). The van der Waals surface area contributed by atoms with Gasteiger partial charge in [0, 0.05) is 36.7 Å². The first-order valence-electron chi connectivity index (χ1n) is 13.9. The summed E-state index contributed by atoms with van der Waals surface area (Å²) >= 11 is 0. The van der Waals surface area contributed by atoms with Gasteiger partial charge in [0.05, 0.1) is 23.9 Å². The van der Waals surface area contributed by atoms with Gasteiger partial charge in [-0.15, -0.1) is 0 Å². The first-order valence-corrected chi connectivity index (χ1v) is 13.9. The molecule has 230 valence electrons. The third-order valence-electron chi connectivity index (χ3n) is 7.93. The van der Waals surface area contributed by atoms with Crippen molar-refractivity contribution in [1.29, 1.82) is 0 Å². The molecule has 2 aliphatic rings. The SMILES string of the molecule is CCOc1cc(C(=O)Nc2cc(C(F)(F)F)ccn2)cc(F)c1-c1nc(C2CCC3CCC(=O)N3C2)n2c(F)cnc(N)c12. The van der Waals surface area contributed by atoms with Crippen LogP contribution in [0.15, 0.2) is 36.7 Å². The lowest BCUT2D eigenvalue weighted by Gasteiger charge is -2.34. The van der Waals surface area contributed by atoms with Gasteiger partial charge in [-0.1, -0.05) is 0 Å².